The molecule has 0 aliphatic carbocycles. The van der Waals surface area contributed by atoms with Crippen LogP contribution in [0.4, 0.5) is 5.69 Å². The van der Waals surface area contributed by atoms with Crippen molar-refractivity contribution in [2.24, 2.45) is 0 Å². The van der Waals surface area contributed by atoms with Crippen LogP contribution in [-0.4, -0.2) is 38.7 Å². The molecule has 21 heavy (non-hydrogen) atoms. The summed E-state index contributed by atoms with van der Waals surface area (Å²) in [5, 5.41) is 0. The predicted molar refractivity (Wildman–Crippen MR) is 76.7 cm³/mol. The van der Waals surface area contributed by atoms with Crippen LogP contribution in [0.3, 0.4) is 0 Å². The van der Waals surface area contributed by atoms with E-state index in [0.29, 0.717) is 24.8 Å². The maximum atomic E-state index is 12.1. The quantitative estimate of drug-likeness (QED) is 0.775. The molecular formula is C13H15N3O4S. The van der Waals surface area contributed by atoms with E-state index < -0.39 is 10.0 Å². The lowest BCUT2D eigenvalue weighted by Crippen LogP contribution is -2.13. The number of nitrogens with one attached hydrogen (secondary N) is 1. The fourth-order valence-electron chi connectivity index (χ4n) is 1.48. The normalized spacial score (nSPS) is 11.1. The van der Waals surface area contributed by atoms with E-state index in [1.807, 2.05) is 0 Å². The lowest BCUT2D eigenvalue weighted by Gasteiger charge is -2.08. The molecule has 0 saturated carbocycles. The standard InChI is InChI=1S/C13H15N3O4S/c1-19-7-8-20-13-5-4-11(9-15-13)16-21(17,18)12-3-2-6-14-10-12/h2-6,9-10,16H,7-8H2,1H3. The van der Waals surface area contributed by atoms with Gasteiger partial charge in [0.15, 0.2) is 0 Å². The van der Waals surface area contributed by atoms with E-state index in [-0.39, 0.29) is 4.90 Å². The molecule has 1 N–H and O–H groups in total. The summed E-state index contributed by atoms with van der Waals surface area (Å²) >= 11 is 0. The first-order valence-corrected chi connectivity index (χ1v) is 7.61. The van der Waals surface area contributed by atoms with E-state index in [9.17, 15) is 8.42 Å². The van der Waals surface area contributed by atoms with Crippen molar-refractivity contribution in [1.82, 2.24) is 9.97 Å². The van der Waals surface area contributed by atoms with Crippen LogP contribution in [0.2, 0.25) is 0 Å². The Bertz CT molecular complexity index is 660. The van der Waals surface area contributed by atoms with Crippen molar-refractivity contribution in [3.05, 3.63) is 42.9 Å². The first kappa shape index (κ1) is 15.2. The van der Waals surface area contributed by atoms with Gasteiger partial charge < -0.3 is 9.47 Å². The number of hydrogen-bond acceptors (Lipinski definition) is 6. The molecule has 0 aromatic carbocycles. The second-order valence-corrected chi connectivity index (χ2v) is 5.70. The minimum Gasteiger partial charge on any atom is -0.475 e. The van der Waals surface area contributed by atoms with Gasteiger partial charge in [-0.1, -0.05) is 0 Å². The predicted octanol–water partition coefficient (Wildman–Crippen LogP) is 1.30. The molecule has 0 atom stereocenters. The number of nitrogens with zero attached hydrogens (tertiary/aromatic N) is 2. The Morgan fingerprint density at radius 1 is 1.19 bits per heavy atom. The summed E-state index contributed by atoms with van der Waals surface area (Å²) in [6, 6.07) is 6.17. The van der Waals surface area contributed by atoms with E-state index in [4.69, 9.17) is 9.47 Å². The molecule has 0 fully saturated rings. The SMILES string of the molecule is COCCOc1ccc(NS(=O)(=O)c2cccnc2)cn1. The molecule has 0 radical (unpaired) electrons. The van der Waals surface area contributed by atoms with Crippen molar-refractivity contribution < 1.29 is 17.9 Å². The summed E-state index contributed by atoms with van der Waals surface area (Å²) < 4.78 is 36.7. The fourth-order valence-corrected chi connectivity index (χ4v) is 2.48. The number of hydrogen-bond donors (Lipinski definition) is 1. The molecular weight excluding hydrogens is 294 g/mol. The average molecular weight is 309 g/mol. The Morgan fingerprint density at radius 3 is 2.67 bits per heavy atom. The van der Waals surface area contributed by atoms with Crippen molar-refractivity contribution in [3.8, 4) is 5.88 Å². The van der Waals surface area contributed by atoms with Crippen LogP contribution in [-0.2, 0) is 14.8 Å². The van der Waals surface area contributed by atoms with Gasteiger partial charge >= 0.3 is 0 Å². The number of aromatic nitrogens is 2. The Labute approximate surface area is 123 Å². The van der Waals surface area contributed by atoms with Crippen molar-refractivity contribution >= 4 is 15.7 Å². The van der Waals surface area contributed by atoms with Crippen molar-refractivity contribution in [2.75, 3.05) is 25.0 Å². The van der Waals surface area contributed by atoms with Gasteiger partial charge in [-0.3, -0.25) is 9.71 Å². The Morgan fingerprint density at radius 2 is 2.05 bits per heavy atom. The molecule has 0 aliphatic rings. The highest BCUT2D eigenvalue weighted by Gasteiger charge is 2.14. The molecule has 2 rings (SSSR count). The van der Waals surface area contributed by atoms with Gasteiger partial charge in [0.2, 0.25) is 5.88 Å². The van der Waals surface area contributed by atoms with E-state index in [1.54, 1.807) is 25.3 Å². The third-order valence-corrected chi connectivity index (χ3v) is 3.84. The van der Waals surface area contributed by atoms with Crippen LogP contribution in [0.15, 0.2) is 47.8 Å². The molecule has 2 aromatic heterocycles. The van der Waals surface area contributed by atoms with Crippen molar-refractivity contribution in [3.63, 3.8) is 0 Å². The Kier molecular flexibility index (Phi) is 5.07. The summed E-state index contributed by atoms with van der Waals surface area (Å²) in [6.07, 6.45) is 4.17. The third-order valence-electron chi connectivity index (χ3n) is 2.47. The molecule has 0 saturated heterocycles. The number of anilines is 1. The molecule has 2 aromatic rings. The van der Waals surface area contributed by atoms with Crippen LogP contribution < -0.4 is 9.46 Å². The summed E-state index contributed by atoms with van der Waals surface area (Å²) in [7, 11) is -2.08. The minimum atomic E-state index is -3.66. The molecule has 112 valence electrons. The van der Waals surface area contributed by atoms with E-state index in [2.05, 4.69) is 14.7 Å². The van der Waals surface area contributed by atoms with Gasteiger partial charge in [-0.05, 0) is 18.2 Å². The molecule has 0 amide bonds. The summed E-state index contributed by atoms with van der Waals surface area (Å²) in [5.41, 5.74) is 0.345. The smallest absolute Gasteiger partial charge is 0.263 e. The molecule has 0 unspecified atom stereocenters. The van der Waals surface area contributed by atoms with Crippen LogP contribution in [0.5, 0.6) is 5.88 Å². The number of methoxy groups -OCH3 is 1. The first-order chi connectivity index (χ1) is 10.1. The van der Waals surface area contributed by atoms with Crippen molar-refractivity contribution in [2.45, 2.75) is 4.90 Å². The van der Waals surface area contributed by atoms with Gasteiger partial charge in [0.1, 0.15) is 11.5 Å². The zero-order valence-electron chi connectivity index (χ0n) is 11.4. The summed E-state index contributed by atoms with van der Waals surface area (Å²) in [6.45, 7) is 0.835. The molecule has 0 spiro atoms. The zero-order chi connectivity index (χ0) is 15.1. The maximum Gasteiger partial charge on any atom is 0.263 e. The Balaban J connectivity index is 2.03. The maximum absolute atomic E-state index is 12.1. The number of sulfonamides is 1. The molecule has 0 bridgehead atoms. The van der Waals surface area contributed by atoms with Gasteiger partial charge in [0.05, 0.1) is 18.5 Å². The Hall–Kier alpha value is -2.19. The topological polar surface area (TPSA) is 90.4 Å². The van der Waals surface area contributed by atoms with Gasteiger partial charge in [0, 0.05) is 25.6 Å². The highest BCUT2D eigenvalue weighted by atomic mass is 32.2. The summed E-state index contributed by atoms with van der Waals surface area (Å²) in [4.78, 5) is 7.88. The highest BCUT2D eigenvalue weighted by Crippen LogP contribution is 2.16. The monoisotopic (exact) mass is 309 g/mol. The molecule has 0 aliphatic heterocycles. The van der Waals surface area contributed by atoms with Crippen LogP contribution in [0.25, 0.3) is 0 Å². The second-order valence-electron chi connectivity index (χ2n) is 4.02. The van der Waals surface area contributed by atoms with E-state index in [0.717, 1.165) is 0 Å². The average Bonchev–Trinajstić information content (AvgIpc) is 2.50. The highest BCUT2D eigenvalue weighted by molar-refractivity contribution is 7.92. The van der Waals surface area contributed by atoms with Gasteiger partial charge in [0.25, 0.3) is 10.0 Å². The largest absolute Gasteiger partial charge is 0.475 e. The zero-order valence-corrected chi connectivity index (χ0v) is 12.2. The number of ether oxygens (including phenoxy) is 2. The van der Waals surface area contributed by atoms with Crippen LogP contribution >= 0.6 is 0 Å². The lowest BCUT2D eigenvalue weighted by atomic mass is 10.4. The second kappa shape index (κ2) is 7.00. The van der Waals surface area contributed by atoms with E-state index >= 15 is 0 Å². The summed E-state index contributed by atoms with van der Waals surface area (Å²) in [5.74, 6) is 0.399. The van der Waals surface area contributed by atoms with Crippen LogP contribution in [0.1, 0.15) is 0 Å². The molecule has 2 heterocycles. The third kappa shape index (κ3) is 4.40. The van der Waals surface area contributed by atoms with Gasteiger partial charge in [-0.25, -0.2) is 13.4 Å². The fraction of sp³-hybridized carbons (Fsp3) is 0.231. The van der Waals surface area contributed by atoms with Crippen molar-refractivity contribution in [1.29, 1.82) is 0 Å². The van der Waals surface area contributed by atoms with Gasteiger partial charge in [-0.15, -0.1) is 0 Å². The van der Waals surface area contributed by atoms with Crippen LogP contribution in [0, 0.1) is 0 Å². The molecule has 7 nitrogen and oxygen atoms in total. The first-order valence-electron chi connectivity index (χ1n) is 6.12. The van der Waals surface area contributed by atoms with Gasteiger partial charge in [-0.2, -0.15) is 0 Å². The number of pyridine rings is 2. The lowest BCUT2D eigenvalue weighted by molar-refractivity contribution is 0.144. The number of rotatable bonds is 7. The van der Waals surface area contributed by atoms with E-state index in [1.165, 1.54) is 24.7 Å². The minimum absolute atomic E-state index is 0.0884. The molecule has 8 heteroatoms.